The highest BCUT2D eigenvalue weighted by Crippen LogP contribution is 2.12. The van der Waals surface area contributed by atoms with Crippen LogP contribution in [-0.2, 0) is 19.2 Å². The van der Waals surface area contributed by atoms with Crippen molar-refractivity contribution in [3.05, 3.63) is 0 Å². The Morgan fingerprint density at radius 1 is 1.64 bits per heavy atom. The van der Waals surface area contributed by atoms with Crippen molar-refractivity contribution in [3.8, 4) is 0 Å². The SMILES string of the molecule is NS(=O)(=O)OCC1CCCO1. The number of hydrogen-bond donors (Lipinski definition) is 1. The van der Waals surface area contributed by atoms with Crippen LogP contribution in [0.4, 0.5) is 0 Å². The van der Waals surface area contributed by atoms with Gasteiger partial charge in [-0.3, -0.25) is 4.18 Å². The summed E-state index contributed by atoms with van der Waals surface area (Å²) in [6, 6.07) is 0. The third kappa shape index (κ3) is 3.66. The molecule has 1 aliphatic rings. The maximum Gasteiger partial charge on any atom is 0.333 e. The van der Waals surface area contributed by atoms with Crippen LogP contribution >= 0.6 is 0 Å². The Bertz CT molecular complexity index is 207. The van der Waals surface area contributed by atoms with Crippen molar-refractivity contribution in [3.63, 3.8) is 0 Å². The lowest BCUT2D eigenvalue weighted by atomic mass is 10.2. The van der Waals surface area contributed by atoms with Crippen LogP contribution in [0.25, 0.3) is 0 Å². The summed E-state index contributed by atoms with van der Waals surface area (Å²) in [7, 11) is -3.79. The van der Waals surface area contributed by atoms with E-state index in [0.717, 1.165) is 12.8 Å². The van der Waals surface area contributed by atoms with Gasteiger partial charge in [-0.2, -0.15) is 8.42 Å². The largest absolute Gasteiger partial charge is 0.376 e. The van der Waals surface area contributed by atoms with E-state index in [1.165, 1.54) is 0 Å². The van der Waals surface area contributed by atoms with E-state index in [-0.39, 0.29) is 12.7 Å². The van der Waals surface area contributed by atoms with Crippen LogP contribution in [0.15, 0.2) is 0 Å². The molecule has 2 N–H and O–H groups in total. The lowest BCUT2D eigenvalue weighted by Gasteiger charge is -2.06. The highest BCUT2D eigenvalue weighted by molar-refractivity contribution is 7.84. The molecule has 6 heteroatoms. The van der Waals surface area contributed by atoms with Gasteiger partial charge in [0.05, 0.1) is 12.7 Å². The van der Waals surface area contributed by atoms with E-state index in [9.17, 15) is 8.42 Å². The first kappa shape index (κ1) is 8.92. The van der Waals surface area contributed by atoms with Crippen LogP contribution in [0, 0.1) is 0 Å². The summed E-state index contributed by atoms with van der Waals surface area (Å²) in [6.07, 6.45) is 1.70. The quantitative estimate of drug-likeness (QED) is 0.629. The van der Waals surface area contributed by atoms with Crippen molar-refractivity contribution in [1.82, 2.24) is 0 Å². The predicted octanol–water partition coefficient (Wildman–Crippen LogP) is -0.614. The topological polar surface area (TPSA) is 78.6 Å². The van der Waals surface area contributed by atoms with Crippen LogP contribution < -0.4 is 5.14 Å². The maximum absolute atomic E-state index is 10.3. The minimum absolute atomic E-state index is 0.0405. The third-order valence-electron chi connectivity index (χ3n) is 1.44. The Labute approximate surface area is 65.7 Å². The van der Waals surface area contributed by atoms with Gasteiger partial charge in [-0.25, -0.2) is 5.14 Å². The highest BCUT2D eigenvalue weighted by Gasteiger charge is 2.17. The fourth-order valence-corrected chi connectivity index (χ4v) is 1.29. The molecule has 0 spiro atoms. The fraction of sp³-hybridized carbons (Fsp3) is 1.00. The number of nitrogens with two attached hydrogens (primary N) is 1. The fourth-order valence-electron chi connectivity index (χ4n) is 0.947. The summed E-state index contributed by atoms with van der Waals surface area (Å²) in [4.78, 5) is 0. The van der Waals surface area contributed by atoms with E-state index >= 15 is 0 Å². The molecule has 0 aromatic carbocycles. The second kappa shape index (κ2) is 3.48. The van der Waals surface area contributed by atoms with Crippen molar-refractivity contribution >= 4 is 10.3 Å². The Morgan fingerprint density at radius 3 is 2.82 bits per heavy atom. The molecule has 1 saturated heterocycles. The second-order valence-corrected chi connectivity index (χ2v) is 3.63. The molecule has 0 bridgehead atoms. The van der Waals surface area contributed by atoms with Crippen LogP contribution in [0.2, 0.25) is 0 Å². The number of rotatable bonds is 3. The van der Waals surface area contributed by atoms with Gasteiger partial charge < -0.3 is 4.74 Å². The zero-order valence-electron chi connectivity index (χ0n) is 6.02. The van der Waals surface area contributed by atoms with Gasteiger partial charge in [0.15, 0.2) is 0 Å². The van der Waals surface area contributed by atoms with Crippen LogP contribution in [-0.4, -0.2) is 27.7 Å². The van der Waals surface area contributed by atoms with Gasteiger partial charge in [-0.15, -0.1) is 0 Å². The van der Waals surface area contributed by atoms with Crippen molar-refractivity contribution in [1.29, 1.82) is 0 Å². The molecule has 1 atom stereocenters. The van der Waals surface area contributed by atoms with E-state index in [2.05, 4.69) is 9.32 Å². The minimum atomic E-state index is -3.79. The Morgan fingerprint density at radius 2 is 2.36 bits per heavy atom. The number of hydrogen-bond acceptors (Lipinski definition) is 4. The van der Waals surface area contributed by atoms with E-state index in [4.69, 9.17) is 4.74 Å². The molecular weight excluding hydrogens is 170 g/mol. The standard InChI is InChI=1S/C5H11NO4S/c6-11(7,8)10-4-5-2-1-3-9-5/h5H,1-4H2,(H2,6,7,8). The summed E-state index contributed by atoms with van der Waals surface area (Å²) in [5.74, 6) is 0. The van der Waals surface area contributed by atoms with Gasteiger partial charge in [-0.1, -0.05) is 0 Å². The van der Waals surface area contributed by atoms with E-state index in [1.54, 1.807) is 0 Å². The lowest BCUT2D eigenvalue weighted by molar-refractivity contribution is 0.0701. The van der Waals surface area contributed by atoms with Crippen molar-refractivity contribution in [2.75, 3.05) is 13.2 Å². The molecule has 0 aromatic rings. The summed E-state index contributed by atoms with van der Waals surface area (Å²) < 4.78 is 30.0. The van der Waals surface area contributed by atoms with Crippen molar-refractivity contribution < 1.29 is 17.3 Å². The molecule has 1 heterocycles. The van der Waals surface area contributed by atoms with Gasteiger partial charge >= 0.3 is 10.3 Å². The summed E-state index contributed by atoms with van der Waals surface area (Å²) in [6.45, 7) is 0.720. The molecule has 1 rings (SSSR count). The lowest BCUT2D eigenvalue weighted by Crippen LogP contribution is -2.22. The van der Waals surface area contributed by atoms with Crippen LogP contribution in [0.1, 0.15) is 12.8 Å². The highest BCUT2D eigenvalue weighted by atomic mass is 32.2. The molecular formula is C5H11NO4S. The first-order valence-electron chi connectivity index (χ1n) is 3.37. The van der Waals surface area contributed by atoms with Crippen molar-refractivity contribution in [2.24, 2.45) is 5.14 Å². The Hall–Kier alpha value is -0.170. The average molecular weight is 181 g/mol. The smallest absolute Gasteiger partial charge is 0.333 e. The maximum atomic E-state index is 10.3. The molecule has 1 unspecified atom stereocenters. The third-order valence-corrected chi connectivity index (χ3v) is 1.91. The Balaban J connectivity index is 2.22. The zero-order valence-corrected chi connectivity index (χ0v) is 6.84. The first-order valence-corrected chi connectivity index (χ1v) is 4.84. The molecule has 0 radical (unpaired) electrons. The van der Waals surface area contributed by atoms with Gasteiger partial charge in [0, 0.05) is 6.61 Å². The molecule has 0 saturated carbocycles. The molecule has 11 heavy (non-hydrogen) atoms. The molecule has 1 aliphatic heterocycles. The minimum Gasteiger partial charge on any atom is -0.376 e. The first-order chi connectivity index (χ1) is 5.08. The van der Waals surface area contributed by atoms with Crippen molar-refractivity contribution in [2.45, 2.75) is 18.9 Å². The molecule has 0 aromatic heterocycles. The molecule has 66 valence electrons. The molecule has 0 amide bonds. The molecule has 5 nitrogen and oxygen atoms in total. The Kier molecular flexibility index (Phi) is 2.83. The van der Waals surface area contributed by atoms with Gasteiger partial charge in [0.2, 0.25) is 0 Å². The monoisotopic (exact) mass is 181 g/mol. The average Bonchev–Trinajstić information content (AvgIpc) is 2.32. The summed E-state index contributed by atoms with van der Waals surface area (Å²) >= 11 is 0. The molecule has 0 aliphatic carbocycles. The summed E-state index contributed by atoms with van der Waals surface area (Å²) in [5.41, 5.74) is 0. The van der Waals surface area contributed by atoms with Crippen LogP contribution in [0.3, 0.4) is 0 Å². The van der Waals surface area contributed by atoms with Gasteiger partial charge in [0.1, 0.15) is 0 Å². The van der Waals surface area contributed by atoms with E-state index in [1.807, 2.05) is 0 Å². The van der Waals surface area contributed by atoms with E-state index in [0.29, 0.717) is 6.61 Å². The van der Waals surface area contributed by atoms with E-state index < -0.39 is 10.3 Å². The van der Waals surface area contributed by atoms with Crippen LogP contribution in [0.5, 0.6) is 0 Å². The number of ether oxygens (including phenoxy) is 1. The zero-order chi connectivity index (χ0) is 8.32. The predicted molar refractivity (Wildman–Crippen MR) is 38.0 cm³/mol. The molecule has 1 fully saturated rings. The van der Waals surface area contributed by atoms with Gasteiger partial charge in [-0.05, 0) is 12.8 Å². The summed E-state index contributed by atoms with van der Waals surface area (Å²) in [5, 5.41) is 4.61. The second-order valence-electron chi connectivity index (χ2n) is 2.41. The normalized spacial score (nSPS) is 25.7. The van der Waals surface area contributed by atoms with Gasteiger partial charge in [0.25, 0.3) is 0 Å².